The van der Waals surface area contributed by atoms with Crippen LogP contribution < -0.4 is 14.2 Å². The SMILES string of the molecule is COCCCN1C(=O)C(=O)/C(=C(/O)c2cc(C)c(OC)cc2C)C1c1ccc(OC)c(OC)c1. The molecule has 1 aliphatic rings. The predicted octanol–water partition coefficient (Wildman–Crippen LogP) is 3.79. The minimum atomic E-state index is -0.793. The lowest BCUT2D eigenvalue weighted by atomic mass is 9.93. The van der Waals surface area contributed by atoms with Crippen LogP contribution in [-0.2, 0) is 14.3 Å². The summed E-state index contributed by atoms with van der Waals surface area (Å²) in [7, 11) is 6.20. The highest BCUT2D eigenvalue weighted by Gasteiger charge is 2.46. The van der Waals surface area contributed by atoms with E-state index in [1.165, 1.54) is 19.1 Å². The first kappa shape index (κ1) is 25.1. The summed E-state index contributed by atoms with van der Waals surface area (Å²) < 4.78 is 21.3. The molecule has 1 fully saturated rings. The Kier molecular flexibility index (Phi) is 7.83. The smallest absolute Gasteiger partial charge is 0.295 e. The highest BCUT2D eigenvalue weighted by Crippen LogP contribution is 2.42. The third-order valence-corrected chi connectivity index (χ3v) is 6.01. The summed E-state index contributed by atoms with van der Waals surface area (Å²) in [5, 5.41) is 11.4. The number of benzene rings is 2. The topological polar surface area (TPSA) is 94.5 Å². The number of hydrogen-bond donors (Lipinski definition) is 1. The van der Waals surface area contributed by atoms with E-state index < -0.39 is 17.7 Å². The summed E-state index contributed by atoms with van der Waals surface area (Å²) >= 11 is 0. The Morgan fingerprint density at radius 3 is 2.21 bits per heavy atom. The monoisotopic (exact) mass is 469 g/mol. The number of carbonyl (C=O) groups excluding carboxylic acids is 2. The second-order valence-corrected chi connectivity index (χ2v) is 8.09. The molecule has 0 saturated carbocycles. The lowest BCUT2D eigenvalue weighted by molar-refractivity contribution is -0.140. The highest BCUT2D eigenvalue weighted by molar-refractivity contribution is 6.46. The van der Waals surface area contributed by atoms with Crippen LogP contribution in [-0.4, -0.2) is 63.3 Å². The maximum atomic E-state index is 13.2. The molecule has 1 saturated heterocycles. The molecule has 8 heteroatoms. The van der Waals surface area contributed by atoms with E-state index in [4.69, 9.17) is 18.9 Å². The summed E-state index contributed by atoms with van der Waals surface area (Å²) in [6.45, 7) is 4.38. The summed E-state index contributed by atoms with van der Waals surface area (Å²) in [6.07, 6.45) is 0.536. The maximum absolute atomic E-state index is 13.2. The Morgan fingerprint density at radius 2 is 1.59 bits per heavy atom. The van der Waals surface area contributed by atoms with Crippen molar-refractivity contribution in [1.29, 1.82) is 0 Å². The average molecular weight is 470 g/mol. The summed E-state index contributed by atoms with van der Waals surface area (Å²) in [5.74, 6) is 0.0206. The maximum Gasteiger partial charge on any atom is 0.295 e. The third kappa shape index (κ3) is 4.59. The number of amides is 1. The van der Waals surface area contributed by atoms with Crippen LogP contribution in [0.4, 0.5) is 0 Å². The van der Waals surface area contributed by atoms with Gasteiger partial charge >= 0.3 is 0 Å². The van der Waals surface area contributed by atoms with Crippen LogP contribution in [0.2, 0.25) is 0 Å². The highest BCUT2D eigenvalue weighted by atomic mass is 16.5. The summed E-state index contributed by atoms with van der Waals surface area (Å²) in [6, 6.07) is 7.96. The number of ether oxygens (including phenoxy) is 4. The number of aryl methyl sites for hydroxylation is 2. The van der Waals surface area contributed by atoms with Gasteiger partial charge in [0, 0.05) is 25.8 Å². The van der Waals surface area contributed by atoms with Gasteiger partial charge in [-0.25, -0.2) is 0 Å². The Balaban J connectivity index is 2.22. The first-order chi connectivity index (χ1) is 16.3. The first-order valence-electron chi connectivity index (χ1n) is 10.9. The number of hydrogen-bond acceptors (Lipinski definition) is 7. The number of likely N-dealkylation sites (tertiary alicyclic amines) is 1. The van der Waals surface area contributed by atoms with Gasteiger partial charge in [-0.3, -0.25) is 9.59 Å². The molecule has 0 aromatic heterocycles. The first-order valence-corrected chi connectivity index (χ1v) is 10.9. The normalized spacial score (nSPS) is 17.2. The Bertz CT molecular complexity index is 1120. The minimum Gasteiger partial charge on any atom is -0.507 e. The van der Waals surface area contributed by atoms with Gasteiger partial charge < -0.3 is 29.0 Å². The van der Waals surface area contributed by atoms with Gasteiger partial charge in [-0.15, -0.1) is 0 Å². The van der Waals surface area contributed by atoms with Gasteiger partial charge in [0.2, 0.25) is 0 Å². The van der Waals surface area contributed by atoms with Crippen LogP contribution in [0.15, 0.2) is 35.9 Å². The third-order valence-electron chi connectivity index (χ3n) is 6.01. The molecule has 182 valence electrons. The largest absolute Gasteiger partial charge is 0.507 e. The van der Waals surface area contributed by atoms with Crippen LogP contribution in [0.3, 0.4) is 0 Å². The molecule has 1 heterocycles. The number of Topliss-reactive ketones (excluding diaryl/α,β-unsaturated/α-hetero) is 1. The van der Waals surface area contributed by atoms with Crippen molar-refractivity contribution in [3.63, 3.8) is 0 Å². The zero-order valence-electron chi connectivity index (χ0n) is 20.4. The lowest BCUT2D eigenvalue weighted by Gasteiger charge is -2.26. The molecule has 1 amide bonds. The Hall–Kier alpha value is -3.52. The van der Waals surface area contributed by atoms with E-state index in [-0.39, 0.29) is 17.9 Å². The summed E-state index contributed by atoms with van der Waals surface area (Å²) in [5.41, 5.74) is 2.64. The van der Waals surface area contributed by atoms with Crippen molar-refractivity contribution < 1.29 is 33.6 Å². The Morgan fingerprint density at radius 1 is 0.912 bits per heavy atom. The molecule has 1 aliphatic heterocycles. The number of ketones is 1. The molecule has 34 heavy (non-hydrogen) atoms. The van der Waals surface area contributed by atoms with Crippen molar-refractivity contribution in [2.75, 3.05) is 41.6 Å². The summed E-state index contributed by atoms with van der Waals surface area (Å²) in [4.78, 5) is 27.8. The molecule has 2 aromatic carbocycles. The fraction of sp³-hybridized carbons (Fsp3) is 0.385. The molecular weight excluding hydrogens is 438 g/mol. The van der Waals surface area contributed by atoms with Crippen LogP contribution in [0.5, 0.6) is 17.2 Å². The number of methoxy groups -OCH3 is 4. The van der Waals surface area contributed by atoms with Gasteiger partial charge in [0.15, 0.2) is 11.5 Å². The van der Waals surface area contributed by atoms with Crippen molar-refractivity contribution in [2.24, 2.45) is 0 Å². The van der Waals surface area contributed by atoms with Crippen molar-refractivity contribution in [3.05, 3.63) is 58.2 Å². The van der Waals surface area contributed by atoms with E-state index in [9.17, 15) is 14.7 Å². The van der Waals surface area contributed by atoms with E-state index in [2.05, 4.69) is 0 Å². The zero-order valence-corrected chi connectivity index (χ0v) is 20.4. The number of rotatable bonds is 9. The van der Waals surface area contributed by atoms with Crippen LogP contribution in [0.1, 0.15) is 34.7 Å². The van der Waals surface area contributed by atoms with E-state index in [1.807, 2.05) is 13.8 Å². The molecule has 1 atom stereocenters. The van der Waals surface area contributed by atoms with Crippen molar-refractivity contribution >= 4 is 17.4 Å². The fourth-order valence-electron chi connectivity index (χ4n) is 4.27. The molecule has 0 bridgehead atoms. The number of nitrogens with zero attached hydrogens (tertiary/aromatic N) is 1. The van der Waals surface area contributed by atoms with Gasteiger partial charge in [-0.1, -0.05) is 6.07 Å². The van der Waals surface area contributed by atoms with E-state index >= 15 is 0 Å². The molecule has 8 nitrogen and oxygen atoms in total. The predicted molar refractivity (Wildman–Crippen MR) is 128 cm³/mol. The fourth-order valence-corrected chi connectivity index (χ4v) is 4.27. The second kappa shape index (κ2) is 10.6. The van der Waals surface area contributed by atoms with Crippen molar-refractivity contribution in [1.82, 2.24) is 4.90 Å². The van der Waals surface area contributed by atoms with Crippen LogP contribution >= 0.6 is 0 Å². The number of carbonyl (C=O) groups is 2. The van der Waals surface area contributed by atoms with E-state index in [0.29, 0.717) is 41.4 Å². The van der Waals surface area contributed by atoms with Gasteiger partial charge in [0.1, 0.15) is 11.5 Å². The molecule has 0 radical (unpaired) electrons. The van der Waals surface area contributed by atoms with Gasteiger partial charge in [-0.05, 0) is 61.2 Å². The van der Waals surface area contributed by atoms with E-state index in [1.54, 1.807) is 44.6 Å². The molecule has 0 spiro atoms. The lowest BCUT2D eigenvalue weighted by Crippen LogP contribution is -2.31. The molecular formula is C26H31NO7. The number of aliphatic hydroxyl groups is 1. The van der Waals surface area contributed by atoms with Gasteiger partial charge in [0.25, 0.3) is 11.7 Å². The Labute approximate surface area is 199 Å². The minimum absolute atomic E-state index is 0.0299. The standard InChI is InChI=1S/C26H31NO7/c1-15-13-20(33-5)16(2)12-18(15)24(28)22-23(17-8-9-19(32-4)21(14-17)34-6)27(10-7-11-31-3)26(30)25(22)29/h8-9,12-14,23,28H,7,10-11H2,1-6H3/b24-22+. The molecule has 0 aliphatic carbocycles. The van der Waals surface area contributed by atoms with Gasteiger partial charge in [-0.2, -0.15) is 0 Å². The van der Waals surface area contributed by atoms with Gasteiger partial charge in [0.05, 0.1) is 32.9 Å². The second-order valence-electron chi connectivity index (χ2n) is 8.09. The van der Waals surface area contributed by atoms with Crippen molar-refractivity contribution in [2.45, 2.75) is 26.3 Å². The molecule has 3 rings (SSSR count). The van der Waals surface area contributed by atoms with Crippen molar-refractivity contribution in [3.8, 4) is 17.2 Å². The number of aliphatic hydroxyl groups excluding tert-OH is 1. The average Bonchev–Trinajstić information content (AvgIpc) is 3.09. The molecule has 2 aromatic rings. The quantitative estimate of drug-likeness (QED) is 0.258. The molecule has 1 unspecified atom stereocenters. The zero-order chi connectivity index (χ0) is 25.0. The van der Waals surface area contributed by atoms with Crippen LogP contribution in [0.25, 0.3) is 5.76 Å². The van der Waals surface area contributed by atoms with E-state index in [0.717, 1.165) is 11.1 Å². The molecule has 1 N–H and O–H groups in total. The van der Waals surface area contributed by atoms with Crippen LogP contribution in [0, 0.1) is 13.8 Å².